The standard InChI is InChI=1S/C18H22N2/c1-13-11-15-7-3-5-9-17(15)20(12-13)18-10-6-4-8-16(18)14(2)19/h3-10,13-14H,11-12,19H2,1-2H3/t13?,14-/m0/s1. The predicted octanol–water partition coefficient (Wildman–Crippen LogP) is 4.04. The molecule has 0 spiro atoms. The van der Waals surface area contributed by atoms with Crippen molar-refractivity contribution < 1.29 is 0 Å². The zero-order valence-corrected chi connectivity index (χ0v) is 12.2. The van der Waals surface area contributed by atoms with Gasteiger partial charge in [-0.05, 0) is 42.5 Å². The smallest absolute Gasteiger partial charge is 0.0459 e. The van der Waals surface area contributed by atoms with Gasteiger partial charge in [0.1, 0.15) is 0 Å². The van der Waals surface area contributed by atoms with Crippen LogP contribution in [0, 0.1) is 5.92 Å². The quantitative estimate of drug-likeness (QED) is 0.889. The van der Waals surface area contributed by atoms with Crippen LogP contribution in [0.3, 0.4) is 0 Å². The van der Waals surface area contributed by atoms with Gasteiger partial charge in [-0.2, -0.15) is 0 Å². The molecule has 0 amide bonds. The maximum atomic E-state index is 6.15. The fourth-order valence-corrected chi connectivity index (χ4v) is 3.14. The molecule has 0 fully saturated rings. The van der Waals surface area contributed by atoms with Crippen LogP contribution in [0.1, 0.15) is 31.0 Å². The molecule has 1 aliphatic heterocycles. The third-order valence-corrected chi connectivity index (χ3v) is 4.06. The highest BCUT2D eigenvalue weighted by atomic mass is 15.1. The molecule has 0 radical (unpaired) electrons. The molecule has 0 saturated heterocycles. The van der Waals surface area contributed by atoms with E-state index >= 15 is 0 Å². The molecule has 1 aliphatic rings. The third-order valence-electron chi connectivity index (χ3n) is 4.06. The fraction of sp³-hybridized carbons (Fsp3) is 0.333. The van der Waals surface area contributed by atoms with E-state index in [1.165, 1.54) is 22.5 Å². The Labute approximate surface area is 121 Å². The minimum absolute atomic E-state index is 0.0515. The molecule has 2 N–H and O–H groups in total. The monoisotopic (exact) mass is 266 g/mol. The Kier molecular flexibility index (Phi) is 3.49. The Morgan fingerprint density at radius 3 is 2.45 bits per heavy atom. The summed E-state index contributed by atoms with van der Waals surface area (Å²) in [6.07, 6.45) is 1.16. The highest BCUT2D eigenvalue weighted by Crippen LogP contribution is 2.37. The van der Waals surface area contributed by atoms with Crippen LogP contribution >= 0.6 is 0 Å². The van der Waals surface area contributed by atoms with Crippen molar-refractivity contribution in [1.29, 1.82) is 0 Å². The summed E-state index contributed by atoms with van der Waals surface area (Å²) in [5.74, 6) is 0.658. The lowest BCUT2D eigenvalue weighted by Gasteiger charge is -2.36. The lowest BCUT2D eigenvalue weighted by molar-refractivity contribution is 0.561. The van der Waals surface area contributed by atoms with Crippen molar-refractivity contribution in [2.75, 3.05) is 11.4 Å². The second-order valence-electron chi connectivity index (χ2n) is 5.90. The number of nitrogens with zero attached hydrogens (tertiary/aromatic N) is 1. The molecule has 3 rings (SSSR count). The molecule has 2 heteroatoms. The van der Waals surface area contributed by atoms with Crippen molar-refractivity contribution in [1.82, 2.24) is 0 Å². The van der Waals surface area contributed by atoms with Crippen LogP contribution in [0.5, 0.6) is 0 Å². The number of hydrogen-bond donors (Lipinski definition) is 1. The molecule has 0 saturated carbocycles. The molecule has 1 heterocycles. The molecule has 20 heavy (non-hydrogen) atoms. The number of benzene rings is 2. The molecule has 2 aromatic rings. The van der Waals surface area contributed by atoms with E-state index in [-0.39, 0.29) is 6.04 Å². The minimum atomic E-state index is 0.0515. The van der Waals surface area contributed by atoms with Gasteiger partial charge in [0.05, 0.1) is 0 Å². The Morgan fingerprint density at radius 1 is 1.05 bits per heavy atom. The number of anilines is 2. The molecule has 2 atom stereocenters. The topological polar surface area (TPSA) is 29.3 Å². The van der Waals surface area contributed by atoms with Gasteiger partial charge in [-0.25, -0.2) is 0 Å². The van der Waals surface area contributed by atoms with E-state index in [1.807, 2.05) is 0 Å². The minimum Gasteiger partial charge on any atom is -0.341 e. The molecule has 2 aromatic carbocycles. The van der Waals surface area contributed by atoms with Crippen LogP contribution in [-0.2, 0) is 6.42 Å². The summed E-state index contributed by atoms with van der Waals surface area (Å²) in [5.41, 5.74) is 11.4. The van der Waals surface area contributed by atoms with E-state index in [9.17, 15) is 0 Å². The average molecular weight is 266 g/mol. The summed E-state index contributed by atoms with van der Waals surface area (Å²) >= 11 is 0. The zero-order chi connectivity index (χ0) is 14.1. The van der Waals surface area contributed by atoms with Crippen molar-refractivity contribution in [3.05, 3.63) is 59.7 Å². The van der Waals surface area contributed by atoms with E-state index in [0.717, 1.165) is 13.0 Å². The van der Waals surface area contributed by atoms with Gasteiger partial charge in [0, 0.05) is 24.0 Å². The molecular formula is C18H22N2. The second kappa shape index (κ2) is 5.29. The molecule has 0 aromatic heterocycles. The summed E-state index contributed by atoms with van der Waals surface area (Å²) in [6.45, 7) is 5.43. The van der Waals surface area contributed by atoms with Crippen molar-refractivity contribution >= 4 is 11.4 Å². The first kappa shape index (κ1) is 13.2. The van der Waals surface area contributed by atoms with E-state index in [4.69, 9.17) is 5.73 Å². The van der Waals surface area contributed by atoms with Crippen LogP contribution in [0.15, 0.2) is 48.5 Å². The maximum absolute atomic E-state index is 6.15. The summed E-state index contributed by atoms with van der Waals surface area (Å²) < 4.78 is 0. The zero-order valence-electron chi connectivity index (χ0n) is 12.2. The highest BCUT2D eigenvalue weighted by Gasteiger charge is 2.24. The molecular weight excluding hydrogens is 244 g/mol. The molecule has 104 valence electrons. The van der Waals surface area contributed by atoms with Crippen LogP contribution in [-0.4, -0.2) is 6.54 Å². The molecule has 1 unspecified atom stereocenters. The first-order chi connectivity index (χ1) is 9.66. The van der Waals surface area contributed by atoms with E-state index in [1.54, 1.807) is 0 Å². The molecule has 2 nitrogen and oxygen atoms in total. The largest absolute Gasteiger partial charge is 0.341 e. The van der Waals surface area contributed by atoms with E-state index in [0.29, 0.717) is 5.92 Å². The number of rotatable bonds is 2. The van der Waals surface area contributed by atoms with Crippen molar-refractivity contribution in [2.45, 2.75) is 26.3 Å². The van der Waals surface area contributed by atoms with Crippen LogP contribution < -0.4 is 10.6 Å². The third kappa shape index (κ3) is 2.32. The number of nitrogens with two attached hydrogens (primary N) is 1. The van der Waals surface area contributed by atoms with Gasteiger partial charge in [0.15, 0.2) is 0 Å². The number of hydrogen-bond acceptors (Lipinski definition) is 2. The van der Waals surface area contributed by atoms with Crippen LogP contribution in [0.2, 0.25) is 0 Å². The Morgan fingerprint density at radius 2 is 1.70 bits per heavy atom. The lowest BCUT2D eigenvalue weighted by atomic mass is 9.92. The van der Waals surface area contributed by atoms with Crippen LogP contribution in [0.4, 0.5) is 11.4 Å². The summed E-state index contributed by atoms with van der Waals surface area (Å²) in [5, 5.41) is 0. The van der Waals surface area contributed by atoms with Gasteiger partial charge in [-0.1, -0.05) is 43.3 Å². The SMILES string of the molecule is CC1Cc2ccccc2N(c2ccccc2[C@H](C)N)C1. The van der Waals surface area contributed by atoms with Gasteiger partial charge < -0.3 is 10.6 Å². The highest BCUT2D eigenvalue weighted by molar-refractivity contribution is 5.70. The van der Waals surface area contributed by atoms with Gasteiger partial charge >= 0.3 is 0 Å². The Balaban J connectivity index is 2.11. The predicted molar refractivity (Wildman–Crippen MR) is 85.4 cm³/mol. The second-order valence-corrected chi connectivity index (χ2v) is 5.90. The van der Waals surface area contributed by atoms with Crippen molar-refractivity contribution in [2.24, 2.45) is 11.7 Å². The Bertz CT molecular complexity index is 604. The summed E-state index contributed by atoms with van der Waals surface area (Å²) in [7, 11) is 0. The Hall–Kier alpha value is -1.80. The van der Waals surface area contributed by atoms with Gasteiger partial charge in [-0.3, -0.25) is 0 Å². The first-order valence-corrected chi connectivity index (χ1v) is 7.36. The molecule has 0 bridgehead atoms. The summed E-state index contributed by atoms with van der Waals surface area (Å²) in [6, 6.07) is 17.3. The van der Waals surface area contributed by atoms with E-state index in [2.05, 4.69) is 67.3 Å². The summed E-state index contributed by atoms with van der Waals surface area (Å²) in [4.78, 5) is 2.43. The van der Waals surface area contributed by atoms with Crippen LogP contribution in [0.25, 0.3) is 0 Å². The maximum Gasteiger partial charge on any atom is 0.0459 e. The van der Waals surface area contributed by atoms with Gasteiger partial charge in [0.2, 0.25) is 0 Å². The number of fused-ring (bicyclic) bond motifs is 1. The van der Waals surface area contributed by atoms with Crippen molar-refractivity contribution in [3.63, 3.8) is 0 Å². The normalized spacial score (nSPS) is 19.6. The fourth-order valence-electron chi connectivity index (χ4n) is 3.14. The van der Waals surface area contributed by atoms with E-state index < -0.39 is 0 Å². The average Bonchev–Trinajstić information content (AvgIpc) is 2.46. The lowest BCUT2D eigenvalue weighted by Crippen LogP contribution is -2.31. The van der Waals surface area contributed by atoms with Gasteiger partial charge in [-0.15, -0.1) is 0 Å². The molecule has 0 aliphatic carbocycles. The first-order valence-electron chi connectivity index (χ1n) is 7.36. The number of para-hydroxylation sites is 2. The van der Waals surface area contributed by atoms with Gasteiger partial charge in [0.25, 0.3) is 0 Å². The van der Waals surface area contributed by atoms with Crippen molar-refractivity contribution in [3.8, 4) is 0 Å².